The fourth-order valence-electron chi connectivity index (χ4n) is 2.89. The van der Waals surface area contributed by atoms with Crippen molar-refractivity contribution in [2.24, 2.45) is 0 Å². The van der Waals surface area contributed by atoms with E-state index in [1.54, 1.807) is 60.7 Å². The second-order valence-corrected chi connectivity index (χ2v) is 6.72. The number of nitrogens with one attached hydrogen (secondary N) is 1. The number of Topliss-reactive ketones (excluding diaryl/α,β-unsaturated/α-hetero) is 1. The third kappa shape index (κ3) is 6.05. The Bertz CT molecular complexity index is 1070. The van der Waals surface area contributed by atoms with Crippen LogP contribution in [0, 0.1) is 11.6 Å². The van der Waals surface area contributed by atoms with Crippen LogP contribution in [0.3, 0.4) is 0 Å². The summed E-state index contributed by atoms with van der Waals surface area (Å²) < 4.78 is 31.3. The van der Waals surface area contributed by atoms with Crippen molar-refractivity contribution in [1.82, 2.24) is 5.32 Å². The smallest absolute Gasteiger partial charge is 0.308 e. The molecule has 0 spiro atoms. The first-order valence-corrected chi connectivity index (χ1v) is 9.49. The minimum absolute atomic E-state index is 0.108. The third-order valence-electron chi connectivity index (χ3n) is 4.52. The van der Waals surface area contributed by atoms with E-state index in [1.165, 1.54) is 0 Å². The zero-order chi connectivity index (χ0) is 22.2. The van der Waals surface area contributed by atoms with Crippen molar-refractivity contribution >= 4 is 17.7 Å². The Labute approximate surface area is 177 Å². The Kier molecular flexibility index (Phi) is 7.22. The first kappa shape index (κ1) is 21.8. The van der Waals surface area contributed by atoms with Crippen LogP contribution in [0.5, 0.6) is 0 Å². The van der Waals surface area contributed by atoms with Crippen LogP contribution in [0.4, 0.5) is 8.78 Å². The highest BCUT2D eigenvalue weighted by molar-refractivity contribution is 5.98. The lowest BCUT2D eigenvalue weighted by Crippen LogP contribution is -2.31. The molecule has 3 rings (SSSR count). The van der Waals surface area contributed by atoms with Crippen LogP contribution in [-0.2, 0) is 9.53 Å². The highest BCUT2D eigenvalue weighted by Crippen LogP contribution is 2.18. The van der Waals surface area contributed by atoms with Gasteiger partial charge in [0, 0.05) is 11.1 Å². The van der Waals surface area contributed by atoms with E-state index in [2.05, 4.69) is 5.32 Å². The number of esters is 1. The molecule has 1 amide bonds. The van der Waals surface area contributed by atoms with Crippen LogP contribution in [0.15, 0.2) is 78.9 Å². The van der Waals surface area contributed by atoms with Gasteiger partial charge in [0.05, 0.1) is 12.5 Å². The van der Waals surface area contributed by atoms with Gasteiger partial charge in [0.15, 0.2) is 24.0 Å². The monoisotopic (exact) mass is 423 g/mol. The first-order chi connectivity index (χ1) is 14.9. The molecule has 0 saturated heterocycles. The summed E-state index contributed by atoms with van der Waals surface area (Å²) in [5.74, 6) is -3.99. The number of halogens is 2. The number of hydrogen-bond acceptors (Lipinski definition) is 4. The number of ether oxygens (including phenoxy) is 1. The van der Waals surface area contributed by atoms with Crippen molar-refractivity contribution in [3.63, 3.8) is 0 Å². The van der Waals surface area contributed by atoms with E-state index in [-0.39, 0.29) is 17.9 Å². The molecule has 1 atom stereocenters. The molecule has 0 heterocycles. The van der Waals surface area contributed by atoms with Crippen molar-refractivity contribution in [3.8, 4) is 0 Å². The molecule has 0 radical (unpaired) electrons. The van der Waals surface area contributed by atoms with E-state index in [9.17, 15) is 23.2 Å². The Morgan fingerprint density at radius 3 is 2.10 bits per heavy atom. The molecule has 0 aliphatic rings. The maximum Gasteiger partial charge on any atom is 0.308 e. The van der Waals surface area contributed by atoms with Crippen LogP contribution < -0.4 is 5.32 Å². The molecular formula is C24H19F2NO4. The molecule has 0 bridgehead atoms. The molecule has 158 valence electrons. The summed E-state index contributed by atoms with van der Waals surface area (Å²) in [4.78, 5) is 37.0. The van der Waals surface area contributed by atoms with Gasteiger partial charge in [-0.25, -0.2) is 8.78 Å². The van der Waals surface area contributed by atoms with Gasteiger partial charge in [-0.3, -0.25) is 14.4 Å². The lowest BCUT2D eigenvalue weighted by molar-refractivity contribution is -0.143. The minimum Gasteiger partial charge on any atom is -0.457 e. The lowest BCUT2D eigenvalue weighted by atomic mass is 10.0. The largest absolute Gasteiger partial charge is 0.457 e. The SMILES string of the molecule is O=C(CC(NC(=O)c1ccccc1)c1ccccc1)OCC(=O)c1ccc(F)c(F)c1. The second kappa shape index (κ2) is 10.2. The molecule has 3 aromatic rings. The molecule has 7 heteroatoms. The summed E-state index contributed by atoms with van der Waals surface area (Å²) in [6, 6.07) is 19.4. The van der Waals surface area contributed by atoms with E-state index in [4.69, 9.17) is 4.74 Å². The molecule has 0 aliphatic carbocycles. The van der Waals surface area contributed by atoms with Gasteiger partial charge >= 0.3 is 5.97 Å². The minimum atomic E-state index is -1.16. The number of ketones is 1. The molecule has 3 aromatic carbocycles. The normalized spacial score (nSPS) is 11.4. The van der Waals surface area contributed by atoms with E-state index in [0.29, 0.717) is 11.1 Å². The van der Waals surface area contributed by atoms with Crippen molar-refractivity contribution < 1.29 is 27.9 Å². The fourth-order valence-corrected chi connectivity index (χ4v) is 2.89. The average Bonchev–Trinajstić information content (AvgIpc) is 2.80. The number of hydrogen-bond donors (Lipinski definition) is 1. The summed E-state index contributed by atoms with van der Waals surface area (Å²) in [5.41, 5.74) is 1.02. The van der Waals surface area contributed by atoms with E-state index in [0.717, 1.165) is 18.2 Å². The number of carbonyl (C=O) groups excluding carboxylic acids is 3. The zero-order valence-electron chi connectivity index (χ0n) is 16.4. The van der Waals surface area contributed by atoms with Crippen molar-refractivity contribution in [3.05, 3.63) is 107 Å². The van der Waals surface area contributed by atoms with Gasteiger partial charge in [-0.2, -0.15) is 0 Å². The Morgan fingerprint density at radius 2 is 1.45 bits per heavy atom. The molecule has 0 aliphatic heterocycles. The van der Waals surface area contributed by atoms with Gasteiger partial charge in [-0.1, -0.05) is 48.5 Å². The lowest BCUT2D eigenvalue weighted by Gasteiger charge is -2.18. The van der Waals surface area contributed by atoms with E-state index < -0.39 is 36.0 Å². The van der Waals surface area contributed by atoms with Crippen molar-refractivity contribution in [2.75, 3.05) is 6.61 Å². The standard InChI is InChI=1S/C24H19F2NO4/c25-19-12-11-18(13-20(19)26)22(28)15-31-23(29)14-21(16-7-3-1-4-8-16)27-24(30)17-9-5-2-6-10-17/h1-13,21H,14-15H2,(H,27,30). The summed E-state index contributed by atoms with van der Waals surface area (Å²) >= 11 is 0. The maximum atomic E-state index is 13.3. The highest BCUT2D eigenvalue weighted by Gasteiger charge is 2.21. The van der Waals surface area contributed by atoms with Gasteiger partial charge < -0.3 is 10.1 Å². The predicted octanol–water partition coefficient (Wildman–Crippen LogP) is 4.25. The Morgan fingerprint density at radius 1 is 0.806 bits per heavy atom. The molecule has 0 saturated carbocycles. The molecule has 5 nitrogen and oxygen atoms in total. The predicted molar refractivity (Wildman–Crippen MR) is 109 cm³/mol. The fraction of sp³-hybridized carbons (Fsp3) is 0.125. The topological polar surface area (TPSA) is 72.5 Å². The van der Waals surface area contributed by atoms with Crippen LogP contribution in [0.25, 0.3) is 0 Å². The molecule has 1 N–H and O–H groups in total. The van der Waals surface area contributed by atoms with Crippen LogP contribution in [-0.4, -0.2) is 24.3 Å². The van der Waals surface area contributed by atoms with Crippen LogP contribution in [0.2, 0.25) is 0 Å². The van der Waals surface area contributed by atoms with E-state index >= 15 is 0 Å². The molecule has 31 heavy (non-hydrogen) atoms. The van der Waals surface area contributed by atoms with Gasteiger partial charge in [0.1, 0.15) is 0 Å². The maximum absolute atomic E-state index is 13.3. The van der Waals surface area contributed by atoms with Crippen molar-refractivity contribution in [1.29, 1.82) is 0 Å². The number of rotatable bonds is 8. The molecule has 0 fully saturated rings. The quantitative estimate of drug-likeness (QED) is 0.434. The molecular weight excluding hydrogens is 404 g/mol. The summed E-state index contributed by atoms with van der Waals surface area (Å²) in [7, 11) is 0. The first-order valence-electron chi connectivity index (χ1n) is 9.49. The molecule has 0 aromatic heterocycles. The average molecular weight is 423 g/mol. The number of benzene rings is 3. The van der Waals surface area contributed by atoms with Gasteiger partial charge in [0.2, 0.25) is 0 Å². The Hall–Kier alpha value is -3.87. The van der Waals surface area contributed by atoms with Gasteiger partial charge in [0.25, 0.3) is 5.91 Å². The highest BCUT2D eigenvalue weighted by atomic mass is 19.2. The molecule has 1 unspecified atom stereocenters. The Balaban J connectivity index is 1.64. The number of carbonyl (C=O) groups is 3. The number of amides is 1. The summed E-state index contributed by atoms with van der Waals surface area (Å²) in [6.07, 6.45) is -0.215. The van der Waals surface area contributed by atoms with Crippen LogP contribution in [0.1, 0.15) is 38.7 Å². The summed E-state index contributed by atoms with van der Waals surface area (Å²) in [5, 5.41) is 2.80. The van der Waals surface area contributed by atoms with Crippen molar-refractivity contribution in [2.45, 2.75) is 12.5 Å². The third-order valence-corrected chi connectivity index (χ3v) is 4.52. The van der Waals surface area contributed by atoms with Gasteiger partial charge in [-0.05, 0) is 35.9 Å². The van der Waals surface area contributed by atoms with E-state index in [1.807, 2.05) is 0 Å². The second-order valence-electron chi connectivity index (χ2n) is 6.72. The summed E-state index contributed by atoms with van der Waals surface area (Å²) in [6.45, 7) is -0.627. The zero-order valence-corrected chi connectivity index (χ0v) is 16.4. The van der Waals surface area contributed by atoms with Gasteiger partial charge in [-0.15, -0.1) is 0 Å². The van der Waals surface area contributed by atoms with Crippen LogP contribution >= 0.6 is 0 Å².